The lowest BCUT2D eigenvalue weighted by Gasteiger charge is -2.10. The highest BCUT2D eigenvalue weighted by molar-refractivity contribution is 9.10. The van der Waals surface area contributed by atoms with Gasteiger partial charge in [-0.15, -0.1) is 0 Å². The van der Waals surface area contributed by atoms with E-state index < -0.39 is 5.82 Å². The lowest BCUT2D eigenvalue weighted by Crippen LogP contribution is -2.04. The van der Waals surface area contributed by atoms with Crippen LogP contribution in [0.2, 0.25) is 0 Å². The van der Waals surface area contributed by atoms with Crippen molar-refractivity contribution in [3.8, 4) is 11.6 Å². The summed E-state index contributed by atoms with van der Waals surface area (Å²) in [7, 11) is 0. The van der Waals surface area contributed by atoms with E-state index in [0.717, 1.165) is 13.0 Å². The van der Waals surface area contributed by atoms with E-state index in [1.165, 1.54) is 17.8 Å². The molecular weight excluding hydrogens is 357 g/mol. The zero-order chi connectivity index (χ0) is 15.2. The van der Waals surface area contributed by atoms with Crippen LogP contribution in [0.4, 0.5) is 10.2 Å². The first kappa shape index (κ1) is 16.0. The van der Waals surface area contributed by atoms with Gasteiger partial charge in [-0.2, -0.15) is 4.98 Å². The van der Waals surface area contributed by atoms with Crippen LogP contribution in [-0.2, 0) is 0 Å². The third-order valence-corrected chi connectivity index (χ3v) is 3.57. The number of anilines is 1. The van der Waals surface area contributed by atoms with Crippen LogP contribution in [0.25, 0.3) is 0 Å². The molecule has 0 spiro atoms. The zero-order valence-electron chi connectivity index (χ0n) is 11.7. The molecule has 2 rings (SSSR count). The number of thioether (sulfide) groups is 1. The van der Waals surface area contributed by atoms with Crippen molar-refractivity contribution in [3.05, 3.63) is 34.6 Å². The van der Waals surface area contributed by atoms with E-state index in [1.807, 2.05) is 6.26 Å². The van der Waals surface area contributed by atoms with Gasteiger partial charge in [-0.05, 0) is 30.9 Å². The van der Waals surface area contributed by atoms with Crippen molar-refractivity contribution in [1.82, 2.24) is 9.97 Å². The largest absolute Gasteiger partial charge is 0.436 e. The lowest BCUT2D eigenvalue weighted by molar-refractivity contribution is 0.422. The van der Waals surface area contributed by atoms with Crippen LogP contribution in [0.15, 0.2) is 33.9 Å². The van der Waals surface area contributed by atoms with Gasteiger partial charge in [0.1, 0.15) is 5.82 Å². The maximum Gasteiger partial charge on any atom is 0.225 e. The van der Waals surface area contributed by atoms with Crippen molar-refractivity contribution in [2.45, 2.75) is 18.5 Å². The van der Waals surface area contributed by atoms with Crippen LogP contribution in [0, 0.1) is 5.82 Å². The Bertz CT molecular complexity index is 627. The first-order chi connectivity index (χ1) is 10.1. The molecular formula is C14H15BrFN3OS. The van der Waals surface area contributed by atoms with E-state index >= 15 is 0 Å². The highest BCUT2D eigenvalue weighted by atomic mass is 79.9. The molecule has 0 unspecified atom stereocenters. The average molecular weight is 372 g/mol. The fourth-order valence-corrected chi connectivity index (χ4v) is 2.27. The number of aromatic nitrogens is 2. The van der Waals surface area contributed by atoms with E-state index in [4.69, 9.17) is 4.74 Å². The molecule has 1 heterocycles. The molecule has 0 aliphatic heterocycles. The number of ether oxygens (including phenoxy) is 1. The Labute approximate surface area is 135 Å². The summed E-state index contributed by atoms with van der Waals surface area (Å²) in [5.41, 5.74) is 0. The summed E-state index contributed by atoms with van der Waals surface area (Å²) >= 11 is 4.61. The van der Waals surface area contributed by atoms with E-state index in [0.29, 0.717) is 21.3 Å². The molecule has 0 saturated heterocycles. The summed E-state index contributed by atoms with van der Waals surface area (Å²) < 4.78 is 20.0. The predicted molar refractivity (Wildman–Crippen MR) is 86.8 cm³/mol. The van der Waals surface area contributed by atoms with Gasteiger partial charge in [0.05, 0.1) is 0 Å². The molecule has 1 aromatic carbocycles. The van der Waals surface area contributed by atoms with Crippen molar-refractivity contribution in [2.24, 2.45) is 0 Å². The van der Waals surface area contributed by atoms with Crippen LogP contribution in [0.3, 0.4) is 0 Å². The number of rotatable bonds is 6. The molecule has 7 heteroatoms. The first-order valence-electron chi connectivity index (χ1n) is 6.42. The molecule has 0 atom stereocenters. The Balaban J connectivity index is 2.25. The van der Waals surface area contributed by atoms with Gasteiger partial charge in [-0.1, -0.05) is 34.6 Å². The van der Waals surface area contributed by atoms with Gasteiger partial charge >= 0.3 is 0 Å². The Morgan fingerprint density at radius 2 is 2.14 bits per heavy atom. The standard InChI is InChI=1S/C14H15BrFN3OS/c1-3-6-17-12-8-13(19-14(18-12)21-2)20-11-5-4-9(15)7-10(11)16/h4-5,7-8H,3,6H2,1-2H3,(H,17,18,19). The Morgan fingerprint density at radius 3 is 2.81 bits per heavy atom. The fourth-order valence-electron chi connectivity index (χ4n) is 1.56. The molecule has 0 radical (unpaired) electrons. The minimum Gasteiger partial charge on any atom is -0.436 e. The number of halogens is 2. The third kappa shape index (κ3) is 4.57. The zero-order valence-corrected chi connectivity index (χ0v) is 14.1. The van der Waals surface area contributed by atoms with Gasteiger partial charge in [0, 0.05) is 17.1 Å². The smallest absolute Gasteiger partial charge is 0.225 e. The lowest BCUT2D eigenvalue weighted by atomic mass is 10.3. The number of nitrogens with one attached hydrogen (secondary N) is 1. The topological polar surface area (TPSA) is 47.0 Å². The molecule has 1 N–H and O–H groups in total. The SMILES string of the molecule is CCCNc1cc(Oc2ccc(Br)cc2F)nc(SC)n1. The molecule has 112 valence electrons. The van der Waals surface area contributed by atoms with Crippen molar-refractivity contribution in [2.75, 3.05) is 18.1 Å². The van der Waals surface area contributed by atoms with Gasteiger partial charge in [-0.25, -0.2) is 9.37 Å². The summed E-state index contributed by atoms with van der Waals surface area (Å²) in [6, 6.07) is 6.28. The second-order valence-corrected chi connectivity index (χ2v) is 5.87. The van der Waals surface area contributed by atoms with Crippen molar-refractivity contribution in [3.63, 3.8) is 0 Å². The van der Waals surface area contributed by atoms with Crippen LogP contribution < -0.4 is 10.1 Å². The highest BCUT2D eigenvalue weighted by Crippen LogP contribution is 2.28. The molecule has 21 heavy (non-hydrogen) atoms. The van der Waals surface area contributed by atoms with Gasteiger partial charge < -0.3 is 10.1 Å². The maximum atomic E-state index is 13.8. The summed E-state index contributed by atoms with van der Waals surface area (Å²) in [6.07, 6.45) is 2.86. The fraction of sp³-hybridized carbons (Fsp3) is 0.286. The van der Waals surface area contributed by atoms with Crippen LogP contribution >= 0.6 is 27.7 Å². The van der Waals surface area contributed by atoms with Crippen molar-refractivity contribution >= 4 is 33.5 Å². The average Bonchev–Trinajstić information content (AvgIpc) is 2.48. The van der Waals surface area contributed by atoms with Crippen molar-refractivity contribution < 1.29 is 9.13 Å². The second kappa shape index (κ2) is 7.61. The molecule has 0 aliphatic carbocycles. The predicted octanol–water partition coefficient (Wildman–Crippen LogP) is 4.71. The van der Waals surface area contributed by atoms with Crippen LogP contribution in [0.5, 0.6) is 11.6 Å². The summed E-state index contributed by atoms with van der Waals surface area (Å²) in [4.78, 5) is 8.56. The van der Waals surface area contributed by atoms with Crippen molar-refractivity contribution in [1.29, 1.82) is 0 Å². The highest BCUT2D eigenvalue weighted by Gasteiger charge is 2.09. The van der Waals surface area contributed by atoms with Gasteiger partial charge in [-0.3, -0.25) is 0 Å². The number of benzene rings is 1. The normalized spacial score (nSPS) is 10.5. The first-order valence-corrected chi connectivity index (χ1v) is 8.44. The van der Waals surface area contributed by atoms with Crippen LogP contribution in [0.1, 0.15) is 13.3 Å². The summed E-state index contributed by atoms with van der Waals surface area (Å²) in [6.45, 7) is 2.87. The number of hydrogen-bond acceptors (Lipinski definition) is 5. The van der Waals surface area contributed by atoms with E-state index in [9.17, 15) is 4.39 Å². The quantitative estimate of drug-likeness (QED) is 0.588. The number of nitrogens with zero attached hydrogens (tertiary/aromatic N) is 2. The molecule has 2 aromatic rings. The molecule has 0 fully saturated rings. The Kier molecular flexibility index (Phi) is 5.81. The monoisotopic (exact) mass is 371 g/mol. The van der Waals surface area contributed by atoms with Crippen LogP contribution in [-0.4, -0.2) is 22.8 Å². The minimum absolute atomic E-state index is 0.130. The maximum absolute atomic E-state index is 13.8. The van der Waals surface area contributed by atoms with Gasteiger partial charge in [0.15, 0.2) is 16.7 Å². The molecule has 1 aromatic heterocycles. The third-order valence-electron chi connectivity index (χ3n) is 2.53. The van der Waals surface area contributed by atoms with Gasteiger partial charge in [0.25, 0.3) is 0 Å². The minimum atomic E-state index is -0.447. The second-order valence-electron chi connectivity index (χ2n) is 4.18. The van der Waals surface area contributed by atoms with E-state index in [2.05, 4.69) is 38.1 Å². The van der Waals surface area contributed by atoms with E-state index in [-0.39, 0.29) is 5.75 Å². The molecule has 0 amide bonds. The summed E-state index contributed by atoms with van der Waals surface area (Å²) in [5, 5.41) is 3.75. The Morgan fingerprint density at radius 1 is 1.33 bits per heavy atom. The van der Waals surface area contributed by atoms with E-state index in [1.54, 1.807) is 18.2 Å². The summed E-state index contributed by atoms with van der Waals surface area (Å²) in [5.74, 6) is 0.667. The van der Waals surface area contributed by atoms with Gasteiger partial charge in [0.2, 0.25) is 5.88 Å². The number of hydrogen-bond donors (Lipinski definition) is 1. The Hall–Kier alpha value is -1.34. The molecule has 0 saturated carbocycles. The molecule has 4 nitrogen and oxygen atoms in total. The molecule has 0 aliphatic rings. The molecule has 0 bridgehead atoms.